The van der Waals surface area contributed by atoms with Crippen LogP contribution in [0.15, 0.2) is 24.3 Å². The molecule has 0 aliphatic rings. The average Bonchev–Trinajstić information content (AvgIpc) is 2.43. The highest BCUT2D eigenvalue weighted by molar-refractivity contribution is 5.94. The van der Waals surface area contributed by atoms with E-state index in [-0.39, 0.29) is 31.7 Å². The number of amides is 2. The summed E-state index contributed by atoms with van der Waals surface area (Å²) in [6, 6.07) is 7.45. The van der Waals surface area contributed by atoms with E-state index in [9.17, 15) is 14.4 Å². The Morgan fingerprint density at radius 1 is 1.14 bits per heavy atom. The number of aliphatic carboxylic acids is 1. The highest BCUT2D eigenvalue weighted by Gasteiger charge is 2.16. The number of hydrogen-bond donors (Lipinski definition) is 2. The number of nitrogens with zero attached hydrogens (tertiary/aromatic N) is 1. The van der Waals surface area contributed by atoms with Crippen LogP contribution >= 0.6 is 0 Å². The van der Waals surface area contributed by atoms with Crippen molar-refractivity contribution in [3.05, 3.63) is 29.8 Å². The number of nitrogens with two attached hydrogens (primary N) is 1. The van der Waals surface area contributed by atoms with Crippen LogP contribution in [0.25, 0.3) is 0 Å². The van der Waals surface area contributed by atoms with Gasteiger partial charge in [-0.25, -0.2) is 0 Å². The van der Waals surface area contributed by atoms with Gasteiger partial charge in [0.05, 0.1) is 0 Å². The molecule has 0 spiro atoms. The monoisotopic (exact) mass is 306 g/mol. The van der Waals surface area contributed by atoms with E-state index >= 15 is 0 Å². The summed E-state index contributed by atoms with van der Waals surface area (Å²) < 4.78 is 0. The van der Waals surface area contributed by atoms with Crippen molar-refractivity contribution in [3.63, 3.8) is 0 Å². The van der Waals surface area contributed by atoms with E-state index < -0.39 is 11.9 Å². The Morgan fingerprint density at radius 3 is 2.41 bits per heavy atom. The molecule has 6 heteroatoms. The van der Waals surface area contributed by atoms with E-state index in [0.717, 1.165) is 11.3 Å². The molecule has 0 fully saturated rings. The van der Waals surface area contributed by atoms with E-state index in [4.69, 9.17) is 10.8 Å². The highest BCUT2D eigenvalue weighted by atomic mass is 16.4. The molecule has 0 aliphatic heterocycles. The number of primary amides is 1. The standard InChI is InChI=1S/C16H22N2O4/c1-12-5-4-6-13(11-12)18(10-9-14(17)19)15(20)7-2-3-8-16(21)22/h4-6,11H,2-3,7-10H2,1H3,(H2,17,19)(H,21,22). The van der Waals surface area contributed by atoms with Crippen molar-refractivity contribution in [2.24, 2.45) is 5.73 Å². The van der Waals surface area contributed by atoms with Gasteiger partial charge >= 0.3 is 5.97 Å². The summed E-state index contributed by atoms with van der Waals surface area (Å²) in [6.45, 7) is 2.16. The quantitative estimate of drug-likeness (QED) is 0.680. The minimum absolute atomic E-state index is 0.0546. The molecule has 1 aromatic carbocycles. The van der Waals surface area contributed by atoms with Crippen molar-refractivity contribution in [1.82, 2.24) is 0 Å². The molecule has 0 aliphatic carbocycles. The van der Waals surface area contributed by atoms with Gasteiger partial charge in [0, 0.05) is 31.5 Å². The Hall–Kier alpha value is -2.37. The van der Waals surface area contributed by atoms with Gasteiger partial charge in [-0.15, -0.1) is 0 Å². The molecule has 0 aromatic heterocycles. The van der Waals surface area contributed by atoms with Crippen molar-refractivity contribution in [2.45, 2.75) is 39.0 Å². The van der Waals surface area contributed by atoms with Crippen molar-refractivity contribution < 1.29 is 19.5 Å². The summed E-state index contributed by atoms with van der Waals surface area (Å²) in [4.78, 5) is 35.3. The van der Waals surface area contributed by atoms with Crippen LogP contribution in [0, 0.1) is 6.92 Å². The third-order valence-corrected chi connectivity index (χ3v) is 3.23. The van der Waals surface area contributed by atoms with Gasteiger partial charge in [0.2, 0.25) is 11.8 Å². The average molecular weight is 306 g/mol. The van der Waals surface area contributed by atoms with Gasteiger partial charge in [0.1, 0.15) is 0 Å². The van der Waals surface area contributed by atoms with Crippen LogP contribution in [0.1, 0.15) is 37.7 Å². The fourth-order valence-corrected chi connectivity index (χ4v) is 2.10. The smallest absolute Gasteiger partial charge is 0.303 e. The van der Waals surface area contributed by atoms with Crippen molar-refractivity contribution in [1.29, 1.82) is 0 Å². The highest BCUT2D eigenvalue weighted by Crippen LogP contribution is 2.18. The Labute approximate surface area is 129 Å². The number of unbranched alkanes of at least 4 members (excludes halogenated alkanes) is 1. The van der Waals surface area contributed by atoms with Gasteiger partial charge in [-0.1, -0.05) is 12.1 Å². The number of carbonyl (C=O) groups is 3. The normalized spacial score (nSPS) is 10.2. The summed E-state index contributed by atoms with van der Waals surface area (Å²) >= 11 is 0. The first-order chi connectivity index (χ1) is 10.4. The molecule has 0 radical (unpaired) electrons. The lowest BCUT2D eigenvalue weighted by Gasteiger charge is -2.23. The molecule has 0 unspecified atom stereocenters. The van der Waals surface area contributed by atoms with Crippen LogP contribution < -0.4 is 10.6 Å². The lowest BCUT2D eigenvalue weighted by Crippen LogP contribution is -2.34. The maximum absolute atomic E-state index is 12.3. The molecule has 120 valence electrons. The summed E-state index contributed by atoms with van der Waals surface area (Å²) in [6.07, 6.45) is 1.36. The SMILES string of the molecule is Cc1cccc(N(CCC(N)=O)C(=O)CCCCC(=O)O)c1. The number of rotatable bonds is 9. The molecule has 0 saturated heterocycles. The minimum atomic E-state index is -0.864. The van der Waals surface area contributed by atoms with Crippen LogP contribution in [0.4, 0.5) is 5.69 Å². The van der Waals surface area contributed by atoms with E-state index in [1.807, 2.05) is 31.2 Å². The second-order valence-corrected chi connectivity index (χ2v) is 5.20. The molecular formula is C16H22N2O4. The third-order valence-electron chi connectivity index (χ3n) is 3.23. The fraction of sp³-hybridized carbons (Fsp3) is 0.438. The van der Waals surface area contributed by atoms with Crippen LogP contribution in [-0.4, -0.2) is 29.4 Å². The Balaban J connectivity index is 2.70. The second-order valence-electron chi connectivity index (χ2n) is 5.20. The summed E-state index contributed by atoms with van der Waals surface area (Å²) in [7, 11) is 0. The Morgan fingerprint density at radius 2 is 1.82 bits per heavy atom. The van der Waals surface area contributed by atoms with E-state index in [1.54, 1.807) is 4.90 Å². The lowest BCUT2D eigenvalue weighted by atomic mass is 10.1. The van der Waals surface area contributed by atoms with Gasteiger partial charge in [-0.05, 0) is 37.5 Å². The second kappa shape index (κ2) is 8.81. The molecule has 3 N–H and O–H groups in total. The molecule has 22 heavy (non-hydrogen) atoms. The molecule has 2 amide bonds. The van der Waals surface area contributed by atoms with Gasteiger partial charge in [0.15, 0.2) is 0 Å². The van der Waals surface area contributed by atoms with Gasteiger partial charge in [-0.2, -0.15) is 0 Å². The molecule has 0 atom stereocenters. The minimum Gasteiger partial charge on any atom is -0.481 e. The summed E-state index contributed by atoms with van der Waals surface area (Å²) in [5.41, 5.74) is 6.90. The first-order valence-electron chi connectivity index (χ1n) is 7.27. The molecule has 1 rings (SSSR count). The number of hydrogen-bond acceptors (Lipinski definition) is 3. The number of carboxylic acids is 1. The van der Waals surface area contributed by atoms with Gasteiger partial charge in [-0.3, -0.25) is 14.4 Å². The first kappa shape index (κ1) is 17.7. The van der Waals surface area contributed by atoms with Crippen molar-refractivity contribution in [3.8, 4) is 0 Å². The number of carboxylic acid groups (broad SMARTS) is 1. The van der Waals surface area contributed by atoms with Crippen LogP contribution in [0.5, 0.6) is 0 Å². The van der Waals surface area contributed by atoms with E-state index in [1.165, 1.54) is 0 Å². The largest absolute Gasteiger partial charge is 0.481 e. The predicted octanol–water partition coefficient (Wildman–Crippen LogP) is 1.85. The zero-order valence-electron chi connectivity index (χ0n) is 12.7. The van der Waals surface area contributed by atoms with Crippen molar-refractivity contribution in [2.75, 3.05) is 11.4 Å². The summed E-state index contributed by atoms with van der Waals surface area (Å²) in [5.74, 6) is -1.45. The Kier molecular flexibility index (Phi) is 7.08. The topological polar surface area (TPSA) is 101 Å². The zero-order valence-corrected chi connectivity index (χ0v) is 12.7. The molecule has 0 heterocycles. The molecule has 0 bridgehead atoms. The van der Waals surface area contributed by atoms with Crippen LogP contribution in [0.3, 0.4) is 0 Å². The molecule has 1 aromatic rings. The molecular weight excluding hydrogens is 284 g/mol. The van der Waals surface area contributed by atoms with E-state index in [2.05, 4.69) is 0 Å². The first-order valence-corrected chi connectivity index (χ1v) is 7.27. The van der Waals surface area contributed by atoms with Crippen LogP contribution in [0.2, 0.25) is 0 Å². The molecule has 6 nitrogen and oxygen atoms in total. The predicted molar refractivity (Wildman–Crippen MR) is 83.4 cm³/mol. The number of aryl methyl sites for hydroxylation is 1. The summed E-state index contributed by atoms with van der Waals surface area (Å²) in [5, 5.41) is 8.60. The lowest BCUT2D eigenvalue weighted by molar-refractivity contribution is -0.137. The van der Waals surface area contributed by atoms with Gasteiger partial charge < -0.3 is 15.7 Å². The molecule has 0 saturated carbocycles. The Bertz CT molecular complexity index is 543. The van der Waals surface area contributed by atoms with Crippen molar-refractivity contribution >= 4 is 23.5 Å². The number of carbonyl (C=O) groups excluding carboxylic acids is 2. The number of anilines is 1. The third kappa shape index (κ3) is 6.39. The van der Waals surface area contributed by atoms with Gasteiger partial charge in [0.25, 0.3) is 0 Å². The fourth-order valence-electron chi connectivity index (χ4n) is 2.10. The van der Waals surface area contributed by atoms with Crippen LogP contribution in [-0.2, 0) is 14.4 Å². The maximum atomic E-state index is 12.3. The number of benzene rings is 1. The maximum Gasteiger partial charge on any atom is 0.303 e. The van der Waals surface area contributed by atoms with E-state index in [0.29, 0.717) is 12.8 Å². The zero-order chi connectivity index (χ0) is 16.5.